The minimum Gasteiger partial charge on any atom is -0.508 e. The topological polar surface area (TPSA) is 46.5 Å². The zero-order valence-electron chi connectivity index (χ0n) is 10.2. The molecule has 0 radical (unpaired) electrons. The fraction of sp³-hybridized carbons (Fsp3) is 0.308. The van der Waals surface area contributed by atoms with Crippen molar-refractivity contribution < 1.29 is 16.0 Å². The minimum absolute atomic E-state index is 0.281. The molecule has 0 saturated heterocycles. The first kappa shape index (κ1) is 10.7. The van der Waals surface area contributed by atoms with Crippen molar-refractivity contribution in [2.45, 2.75) is 19.8 Å². The number of aromatic hydroxyl groups is 1. The Labute approximate surface area is 96.8 Å². The summed E-state index contributed by atoms with van der Waals surface area (Å²) in [4.78, 5) is 10.5. The summed E-state index contributed by atoms with van der Waals surface area (Å²) in [6.45, 7) is 0.328. The van der Waals surface area contributed by atoms with Gasteiger partial charge in [0.1, 0.15) is 12.3 Å². The molecule has 1 aromatic carbocycles. The molecule has 0 saturated carbocycles. The van der Waals surface area contributed by atoms with Crippen LogP contribution in [0.3, 0.4) is 0 Å². The van der Waals surface area contributed by atoms with Gasteiger partial charge in [0, 0.05) is 6.92 Å². The SMILES string of the molecule is [2H][C@@H](/C=C/CCc1ccccc1O)OC(C)=O. The molecule has 0 fully saturated rings. The molecule has 0 amide bonds. The molecule has 1 rings (SSSR count). The van der Waals surface area contributed by atoms with E-state index in [-0.39, 0.29) is 5.75 Å². The molecular formula is C13H16O3. The van der Waals surface area contributed by atoms with E-state index in [1.807, 2.05) is 12.1 Å². The number of carbonyl (C=O) groups is 1. The van der Waals surface area contributed by atoms with Crippen molar-refractivity contribution in [3.63, 3.8) is 0 Å². The maximum Gasteiger partial charge on any atom is 0.302 e. The normalized spacial score (nSPS) is 13.4. The van der Waals surface area contributed by atoms with Crippen LogP contribution in [0, 0.1) is 0 Å². The van der Waals surface area contributed by atoms with E-state index in [1.165, 1.54) is 13.0 Å². The molecule has 0 unspecified atom stereocenters. The highest BCUT2D eigenvalue weighted by Crippen LogP contribution is 2.17. The molecule has 0 aliphatic rings. The number of phenols is 1. The van der Waals surface area contributed by atoms with Crippen molar-refractivity contribution in [1.82, 2.24) is 0 Å². The molecule has 16 heavy (non-hydrogen) atoms. The van der Waals surface area contributed by atoms with Gasteiger partial charge in [0.25, 0.3) is 0 Å². The van der Waals surface area contributed by atoms with Gasteiger partial charge in [-0.2, -0.15) is 0 Å². The zero-order chi connectivity index (χ0) is 12.7. The quantitative estimate of drug-likeness (QED) is 0.613. The number of para-hydroxylation sites is 1. The third kappa shape index (κ3) is 4.64. The molecule has 3 nitrogen and oxygen atoms in total. The molecular weight excluding hydrogens is 204 g/mol. The molecule has 1 N–H and O–H groups in total. The maximum absolute atomic E-state index is 10.5. The number of hydrogen-bond acceptors (Lipinski definition) is 3. The smallest absolute Gasteiger partial charge is 0.302 e. The molecule has 3 heteroatoms. The Morgan fingerprint density at radius 3 is 2.94 bits per heavy atom. The third-order valence-corrected chi connectivity index (χ3v) is 2.02. The van der Waals surface area contributed by atoms with Crippen LogP contribution in [0.15, 0.2) is 36.4 Å². The molecule has 0 heterocycles. The van der Waals surface area contributed by atoms with E-state index in [0.717, 1.165) is 5.56 Å². The van der Waals surface area contributed by atoms with Crippen molar-refractivity contribution >= 4 is 5.97 Å². The van der Waals surface area contributed by atoms with Gasteiger partial charge in [-0.3, -0.25) is 4.79 Å². The molecule has 0 spiro atoms. The van der Waals surface area contributed by atoms with E-state index in [4.69, 9.17) is 1.37 Å². The maximum atomic E-state index is 10.5. The lowest BCUT2D eigenvalue weighted by atomic mass is 10.1. The van der Waals surface area contributed by atoms with Gasteiger partial charge in [0.05, 0.1) is 1.37 Å². The first-order valence-corrected chi connectivity index (χ1v) is 5.12. The Morgan fingerprint density at radius 2 is 2.25 bits per heavy atom. The van der Waals surface area contributed by atoms with Crippen LogP contribution < -0.4 is 0 Å². The number of rotatable bonds is 5. The molecule has 0 aliphatic heterocycles. The van der Waals surface area contributed by atoms with E-state index < -0.39 is 12.6 Å². The van der Waals surface area contributed by atoms with E-state index >= 15 is 0 Å². The van der Waals surface area contributed by atoms with Gasteiger partial charge in [-0.05, 0) is 24.5 Å². The number of hydrogen-bond donors (Lipinski definition) is 1. The lowest BCUT2D eigenvalue weighted by Crippen LogP contribution is -1.97. The van der Waals surface area contributed by atoms with Gasteiger partial charge in [0.2, 0.25) is 0 Å². The van der Waals surface area contributed by atoms with E-state index in [9.17, 15) is 9.90 Å². The van der Waals surface area contributed by atoms with Crippen molar-refractivity contribution in [2.75, 3.05) is 6.58 Å². The summed E-state index contributed by atoms with van der Waals surface area (Å²) in [5.74, 6) is -0.182. The largest absolute Gasteiger partial charge is 0.508 e. The second kappa shape index (κ2) is 6.67. The average Bonchev–Trinajstić information content (AvgIpc) is 2.25. The van der Waals surface area contributed by atoms with Crippen molar-refractivity contribution in [1.29, 1.82) is 0 Å². The van der Waals surface area contributed by atoms with Crippen molar-refractivity contribution in [2.24, 2.45) is 0 Å². The van der Waals surface area contributed by atoms with Crippen LogP contribution in [0.25, 0.3) is 0 Å². The summed E-state index contributed by atoms with van der Waals surface area (Å²) < 4.78 is 12.0. The fourth-order valence-corrected chi connectivity index (χ4v) is 1.25. The molecule has 1 aromatic rings. The number of benzene rings is 1. The highest BCUT2D eigenvalue weighted by molar-refractivity contribution is 5.65. The Bertz CT molecular complexity index is 401. The average molecular weight is 221 g/mol. The van der Waals surface area contributed by atoms with Crippen LogP contribution in [-0.4, -0.2) is 17.7 Å². The fourth-order valence-electron chi connectivity index (χ4n) is 1.25. The first-order chi connectivity index (χ1) is 8.09. The van der Waals surface area contributed by atoms with Gasteiger partial charge < -0.3 is 9.84 Å². The van der Waals surface area contributed by atoms with Crippen molar-refractivity contribution in [3.05, 3.63) is 42.0 Å². The predicted octanol–water partition coefficient (Wildman–Crippen LogP) is 2.44. The minimum atomic E-state index is -0.947. The van der Waals surface area contributed by atoms with E-state index in [0.29, 0.717) is 12.8 Å². The standard InChI is InChI=1S/C13H16O3/c1-11(14)16-10-6-2-3-7-12-8-4-5-9-13(12)15/h2,4-6,8-9,15H,3,7,10H2,1H3/b6-2+/i10D/t10-/m0/s1. The van der Waals surface area contributed by atoms with Crippen molar-refractivity contribution in [3.8, 4) is 5.75 Å². The number of ether oxygens (including phenoxy) is 1. The monoisotopic (exact) mass is 221 g/mol. The van der Waals surface area contributed by atoms with Gasteiger partial charge in [-0.15, -0.1) is 0 Å². The van der Waals surface area contributed by atoms with Gasteiger partial charge in [-0.25, -0.2) is 0 Å². The summed E-state index contributed by atoms with van der Waals surface area (Å²) in [6, 6.07) is 7.14. The Morgan fingerprint density at radius 1 is 1.50 bits per heavy atom. The van der Waals surface area contributed by atoms with Crippen LogP contribution in [0.4, 0.5) is 0 Å². The van der Waals surface area contributed by atoms with Gasteiger partial charge >= 0.3 is 5.97 Å². The highest BCUT2D eigenvalue weighted by Gasteiger charge is 1.96. The number of allylic oxidation sites excluding steroid dienone is 1. The Hall–Kier alpha value is -1.77. The van der Waals surface area contributed by atoms with Crippen LogP contribution in [-0.2, 0) is 16.0 Å². The molecule has 1 atom stereocenters. The lowest BCUT2D eigenvalue weighted by Gasteiger charge is -2.01. The summed E-state index contributed by atoms with van der Waals surface area (Å²) in [5.41, 5.74) is 0.867. The summed E-state index contributed by atoms with van der Waals surface area (Å²) in [6.07, 6.45) is 4.67. The summed E-state index contributed by atoms with van der Waals surface area (Å²) in [7, 11) is 0. The van der Waals surface area contributed by atoms with Gasteiger partial charge in [-0.1, -0.05) is 30.4 Å². The van der Waals surface area contributed by atoms with Crippen LogP contribution in [0.2, 0.25) is 0 Å². The number of aryl methyl sites for hydroxylation is 1. The van der Waals surface area contributed by atoms with E-state index in [2.05, 4.69) is 4.74 Å². The molecule has 0 aliphatic carbocycles. The summed E-state index contributed by atoms with van der Waals surface area (Å²) >= 11 is 0. The second-order valence-electron chi connectivity index (χ2n) is 3.34. The number of carbonyl (C=O) groups excluding carboxylic acids is 1. The summed E-state index contributed by atoms with van der Waals surface area (Å²) in [5, 5.41) is 9.51. The van der Waals surface area contributed by atoms with Crippen LogP contribution >= 0.6 is 0 Å². The number of esters is 1. The number of phenolic OH excluding ortho intramolecular Hbond substituents is 1. The van der Waals surface area contributed by atoms with Crippen LogP contribution in [0.1, 0.15) is 20.3 Å². The Kier molecular flexibility index (Phi) is 4.47. The third-order valence-electron chi connectivity index (χ3n) is 2.02. The van der Waals surface area contributed by atoms with Crippen LogP contribution in [0.5, 0.6) is 5.75 Å². The first-order valence-electron chi connectivity index (χ1n) is 5.70. The second-order valence-corrected chi connectivity index (χ2v) is 3.34. The molecule has 0 bridgehead atoms. The highest BCUT2D eigenvalue weighted by atomic mass is 16.5. The van der Waals surface area contributed by atoms with Gasteiger partial charge in [0.15, 0.2) is 0 Å². The predicted molar refractivity (Wildman–Crippen MR) is 62.2 cm³/mol. The Balaban J connectivity index is 2.35. The lowest BCUT2D eigenvalue weighted by molar-refractivity contribution is -0.139. The molecule has 86 valence electrons. The molecule has 0 aromatic heterocycles. The zero-order valence-corrected chi connectivity index (χ0v) is 9.22. The van der Waals surface area contributed by atoms with E-state index in [1.54, 1.807) is 18.2 Å².